The van der Waals surface area contributed by atoms with Crippen molar-refractivity contribution in [2.45, 2.75) is 66.5 Å². The first kappa shape index (κ1) is 62.5. The van der Waals surface area contributed by atoms with Crippen LogP contribution in [-0.4, -0.2) is 127 Å². The minimum Gasteiger partial charge on any atom is -0.449 e. The molecule has 4 N–H and O–H groups in total. The summed E-state index contributed by atoms with van der Waals surface area (Å²) in [5.41, 5.74) is 9.65. The highest BCUT2D eigenvalue weighted by molar-refractivity contribution is 5.89. The lowest BCUT2D eigenvalue weighted by Gasteiger charge is -2.22. The zero-order valence-electron chi connectivity index (χ0n) is 50.6. The molecular weight excluding hydrogens is 1140 g/mol. The van der Waals surface area contributed by atoms with Crippen LogP contribution in [-0.2, 0) is 32.0 Å². The van der Waals surface area contributed by atoms with Crippen LogP contribution in [0, 0.1) is 27.7 Å². The SMILES string of the molecule is Cc1ccc2ccc(NC(=O)OCCCN(CCCOC(=O)Nc3ccc4ccc(C)nc4n3)Cc3ccc(/C=C\c4ccc(CN(CCCOC(=O)Nc5ccc6ccc(C)nc6n5)CCCOC(=O)Nc5ccc6ccc(C)nc6n5)cc4)cc3)nc2n1. The van der Waals surface area contributed by atoms with E-state index in [2.05, 4.69) is 132 Å². The van der Waals surface area contributed by atoms with Crippen molar-refractivity contribution in [3.63, 3.8) is 0 Å². The number of anilines is 4. The van der Waals surface area contributed by atoms with Crippen molar-refractivity contribution in [3.8, 4) is 0 Å². The highest BCUT2D eigenvalue weighted by Crippen LogP contribution is 2.20. The average molecular weight is 1210 g/mol. The van der Waals surface area contributed by atoms with Gasteiger partial charge < -0.3 is 18.9 Å². The maximum Gasteiger partial charge on any atom is 0.412 e. The summed E-state index contributed by atoms with van der Waals surface area (Å²) >= 11 is 0. The van der Waals surface area contributed by atoms with Crippen molar-refractivity contribution in [2.75, 3.05) is 73.9 Å². The fraction of sp³-hybridized carbons (Fsp3) is 0.265. The van der Waals surface area contributed by atoms with E-state index in [-0.39, 0.29) is 26.4 Å². The Hall–Kier alpha value is -10.6. The number of hydrogen-bond donors (Lipinski definition) is 4. The van der Waals surface area contributed by atoms with Crippen LogP contribution in [0.2, 0.25) is 0 Å². The molecule has 10 aromatic rings. The molecule has 0 radical (unpaired) electrons. The molecule has 10 rings (SSSR count). The van der Waals surface area contributed by atoms with Crippen LogP contribution in [0.25, 0.3) is 56.3 Å². The number of carbonyl (C=O) groups is 4. The molecule has 460 valence electrons. The largest absolute Gasteiger partial charge is 0.449 e. The number of carbonyl (C=O) groups excluding carboxylic acids is 4. The molecule has 22 nitrogen and oxygen atoms in total. The van der Waals surface area contributed by atoms with E-state index in [1.807, 2.05) is 100 Å². The van der Waals surface area contributed by atoms with E-state index in [9.17, 15) is 19.2 Å². The third-order valence-corrected chi connectivity index (χ3v) is 14.3. The highest BCUT2D eigenvalue weighted by Gasteiger charge is 2.15. The van der Waals surface area contributed by atoms with Gasteiger partial charge in [0.05, 0.1) is 26.4 Å². The smallest absolute Gasteiger partial charge is 0.412 e. The molecule has 22 heteroatoms. The molecule has 0 aliphatic rings. The van der Waals surface area contributed by atoms with E-state index in [1.165, 1.54) is 0 Å². The standard InChI is InChI=1S/C68H70N14O8/c1-45-9-23-53-27-31-57(73-61(53)69-45)77-65(83)87-39-5-35-81(36-6-40-88-66(84)78-58-32-28-54-24-10-46(2)70-62(54)74-58)43-51-19-15-49(16-20-51)13-14-50-17-21-52(22-18-50)44-82(37-7-41-89-67(85)79-59-33-29-55-25-11-47(3)71-63(55)75-59)38-8-42-90-68(86)80-60-34-30-56-26-12-48(4)72-64(56)76-60/h9-34H,5-8,35-44H2,1-4H3,(H,69,73,77,83)(H,70,74,78,84)(H,71,75,79,85)(H,72,76,80,86)/b14-13-. The van der Waals surface area contributed by atoms with Gasteiger partial charge in [0.1, 0.15) is 23.3 Å². The summed E-state index contributed by atoms with van der Waals surface area (Å²) in [6.07, 6.45) is 3.92. The third-order valence-electron chi connectivity index (χ3n) is 14.3. The lowest BCUT2D eigenvalue weighted by Crippen LogP contribution is -2.28. The molecule has 0 fully saturated rings. The summed E-state index contributed by atoms with van der Waals surface area (Å²) in [5, 5.41) is 14.3. The Balaban J connectivity index is 0.712. The molecular formula is C68H70N14O8. The van der Waals surface area contributed by atoms with Gasteiger partial charge in [-0.2, -0.15) is 0 Å². The van der Waals surface area contributed by atoms with E-state index in [4.69, 9.17) is 18.9 Å². The first-order chi connectivity index (χ1) is 43.8. The molecule has 0 saturated heterocycles. The second-order valence-electron chi connectivity index (χ2n) is 21.6. The molecule has 0 atom stereocenters. The number of fused-ring (bicyclic) bond motifs is 4. The summed E-state index contributed by atoms with van der Waals surface area (Å²) in [6.45, 7) is 11.9. The second-order valence-corrected chi connectivity index (χ2v) is 21.6. The van der Waals surface area contributed by atoms with E-state index < -0.39 is 24.4 Å². The average Bonchev–Trinajstić information content (AvgIpc) is 1.77. The van der Waals surface area contributed by atoms with E-state index in [1.54, 1.807) is 24.3 Å². The fourth-order valence-corrected chi connectivity index (χ4v) is 9.74. The Bertz CT molecular complexity index is 3690. The number of nitrogens with one attached hydrogen (secondary N) is 4. The molecule has 0 bridgehead atoms. The predicted molar refractivity (Wildman–Crippen MR) is 348 cm³/mol. The molecule has 0 spiro atoms. The van der Waals surface area contributed by atoms with Crippen molar-refractivity contribution in [1.29, 1.82) is 0 Å². The van der Waals surface area contributed by atoms with Gasteiger partial charge in [0, 0.05) is 83.6 Å². The van der Waals surface area contributed by atoms with E-state index in [0.717, 1.165) is 66.6 Å². The number of aromatic nitrogens is 8. The van der Waals surface area contributed by atoms with Crippen molar-refractivity contribution in [3.05, 3.63) is 191 Å². The molecule has 0 aliphatic carbocycles. The van der Waals surface area contributed by atoms with Crippen LogP contribution in [0.1, 0.15) is 70.7 Å². The lowest BCUT2D eigenvalue weighted by molar-refractivity contribution is 0.140. The monoisotopic (exact) mass is 1210 g/mol. The van der Waals surface area contributed by atoms with Gasteiger partial charge in [0.2, 0.25) is 0 Å². The summed E-state index contributed by atoms with van der Waals surface area (Å²) in [6, 6.07) is 46.3. The van der Waals surface area contributed by atoms with Gasteiger partial charge in [0.15, 0.2) is 22.6 Å². The molecule has 8 heterocycles. The lowest BCUT2D eigenvalue weighted by atomic mass is 10.1. The first-order valence-corrected chi connectivity index (χ1v) is 29.8. The first-order valence-electron chi connectivity index (χ1n) is 29.8. The number of benzene rings is 2. The van der Waals surface area contributed by atoms with Crippen LogP contribution >= 0.6 is 0 Å². The Morgan fingerprint density at radius 3 is 0.833 bits per heavy atom. The van der Waals surface area contributed by atoms with E-state index >= 15 is 0 Å². The van der Waals surface area contributed by atoms with Gasteiger partial charge in [-0.1, -0.05) is 60.7 Å². The minimum absolute atomic E-state index is 0.173. The van der Waals surface area contributed by atoms with Crippen molar-refractivity contribution in [2.24, 2.45) is 0 Å². The summed E-state index contributed by atoms with van der Waals surface area (Å²) < 4.78 is 22.2. The minimum atomic E-state index is -0.607. The molecule has 90 heavy (non-hydrogen) atoms. The van der Waals surface area contributed by atoms with Crippen molar-refractivity contribution in [1.82, 2.24) is 49.7 Å². The summed E-state index contributed by atoms with van der Waals surface area (Å²) in [7, 11) is 0. The number of amides is 4. The van der Waals surface area contributed by atoms with Gasteiger partial charge in [-0.3, -0.25) is 31.1 Å². The van der Waals surface area contributed by atoms with E-state index in [0.29, 0.717) is 111 Å². The number of rotatable bonds is 26. The van der Waals surface area contributed by atoms with Crippen molar-refractivity contribution >= 4 is 104 Å². The normalized spacial score (nSPS) is 11.4. The zero-order chi connectivity index (χ0) is 62.6. The Kier molecular flexibility index (Phi) is 21.4. The van der Waals surface area contributed by atoms with Crippen LogP contribution in [0.15, 0.2) is 146 Å². The quantitative estimate of drug-likeness (QED) is 0.0223. The van der Waals surface area contributed by atoms with Gasteiger partial charge in [-0.15, -0.1) is 0 Å². The Morgan fingerprint density at radius 2 is 0.578 bits per heavy atom. The van der Waals surface area contributed by atoms with Crippen LogP contribution in [0.3, 0.4) is 0 Å². The molecule has 0 saturated carbocycles. The molecule has 0 aliphatic heterocycles. The van der Waals surface area contributed by atoms with Gasteiger partial charge in [-0.05, 0) is 173 Å². The highest BCUT2D eigenvalue weighted by atomic mass is 16.6. The summed E-state index contributed by atoms with van der Waals surface area (Å²) in [4.78, 5) is 91.3. The summed E-state index contributed by atoms with van der Waals surface area (Å²) in [5.74, 6) is 1.41. The Labute approximate surface area is 520 Å². The molecule has 4 amide bonds. The van der Waals surface area contributed by atoms with Crippen LogP contribution < -0.4 is 21.3 Å². The Morgan fingerprint density at radius 1 is 0.333 bits per heavy atom. The number of ether oxygens (including phenoxy) is 4. The number of pyridine rings is 8. The predicted octanol–water partition coefficient (Wildman–Crippen LogP) is 13.0. The van der Waals surface area contributed by atoms with Crippen LogP contribution in [0.4, 0.5) is 42.4 Å². The van der Waals surface area contributed by atoms with Crippen LogP contribution in [0.5, 0.6) is 0 Å². The molecule has 2 aromatic carbocycles. The maximum atomic E-state index is 12.8. The fourth-order valence-electron chi connectivity index (χ4n) is 9.74. The molecule has 0 unspecified atom stereocenters. The van der Waals surface area contributed by atoms with Crippen molar-refractivity contribution < 1.29 is 38.1 Å². The number of aryl methyl sites for hydroxylation is 4. The van der Waals surface area contributed by atoms with Gasteiger partial charge >= 0.3 is 24.4 Å². The number of nitrogens with zero attached hydrogens (tertiary/aromatic N) is 10. The van der Waals surface area contributed by atoms with Gasteiger partial charge in [0.25, 0.3) is 0 Å². The van der Waals surface area contributed by atoms with Gasteiger partial charge in [-0.25, -0.2) is 59.0 Å². The second kappa shape index (κ2) is 30.9. The topological polar surface area (TPSA) is 263 Å². The molecule has 8 aromatic heterocycles. The third kappa shape index (κ3) is 19.0. The number of hydrogen-bond acceptors (Lipinski definition) is 18. The maximum absolute atomic E-state index is 12.8. The zero-order valence-corrected chi connectivity index (χ0v) is 50.6.